The van der Waals surface area contributed by atoms with Gasteiger partial charge in [-0.05, 0) is 18.2 Å². The Morgan fingerprint density at radius 2 is 2.27 bits per heavy atom. The summed E-state index contributed by atoms with van der Waals surface area (Å²) in [5.74, 6) is 0.593. The van der Waals surface area contributed by atoms with Gasteiger partial charge in [0.1, 0.15) is 12.4 Å². The SMILES string of the molecule is COc1ccc(Br)cc1CF. The molecule has 0 unspecified atom stereocenters. The molecule has 0 aliphatic heterocycles. The van der Waals surface area contributed by atoms with E-state index in [1.165, 1.54) is 7.11 Å². The fourth-order valence-electron chi connectivity index (χ4n) is 0.852. The average molecular weight is 219 g/mol. The van der Waals surface area contributed by atoms with E-state index >= 15 is 0 Å². The predicted molar refractivity (Wildman–Crippen MR) is 45.5 cm³/mol. The van der Waals surface area contributed by atoms with Crippen molar-refractivity contribution in [2.24, 2.45) is 0 Å². The van der Waals surface area contributed by atoms with E-state index in [0.29, 0.717) is 11.3 Å². The van der Waals surface area contributed by atoms with E-state index in [1.807, 2.05) is 6.07 Å². The highest BCUT2D eigenvalue weighted by Crippen LogP contribution is 2.23. The number of ether oxygens (including phenoxy) is 1. The van der Waals surface area contributed by atoms with E-state index < -0.39 is 6.67 Å². The van der Waals surface area contributed by atoms with Crippen molar-refractivity contribution < 1.29 is 9.13 Å². The van der Waals surface area contributed by atoms with Gasteiger partial charge in [-0.25, -0.2) is 4.39 Å². The molecule has 60 valence electrons. The maximum Gasteiger partial charge on any atom is 0.124 e. The molecule has 0 heterocycles. The Balaban J connectivity index is 3.06. The number of methoxy groups -OCH3 is 1. The van der Waals surface area contributed by atoms with E-state index in [4.69, 9.17) is 4.74 Å². The Morgan fingerprint density at radius 1 is 1.55 bits per heavy atom. The summed E-state index contributed by atoms with van der Waals surface area (Å²) < 4.78 is 18.0. The summed E-state index contributed by atoms with van der Waals surface area (Å²) in [6.07, 6.45) is 0. The number of benzene rings is 1. The molecule has 0 radical (unpaired) electrons. The first-order valence-electron chi connectivity index (χ1n) is 3.16. The second-order valence-corrected chi connectivity index (χ2v) is 3.01. The normalized spacial score (nSPS) is 9.73. The molecule has 11 heavy (non-hydrogen) atoms. The van der Waals surface area contributed by atoms with Crippen LogP contribution in [-0.4, -0.2) is 7.11 Å². The highest BCUT2D eigenvalue weighted by atomic mass is 79.9. The van der Waals surface area contributed by atoms with Crippen molar-refractivity contribution in [3.8, 4) is 5.75 Å². The highest BCUT2D eigenvalue weighted by molar-refractivity contribution is 9.10. The molecular formula is C8H8BrFO. The molecule has 0 saturated carbocycles. The average Bonchev–Trinajstić information content (AvgIpc) is 2.04. The first kappa shape index (κ1) is 8.53. The highest BCUT2D eigenvalue weighted by Gasteiger charge is 2.01. The molecule has 0 N–H and O–H groups in total. The van der Waals surface area contributed by atoms with Crippen LogP contribution >= 0.6 is 15.9 Å². The Hall–Kier alpha value is -0.570. The van der Waals surface area contributed by atoms with Crippen molar-refractivity contribution in [2.45, 2.75) is 6.67 Å². The lowest BCUT2D eigenvalue weighted by atomic mass is 10.2. The van der Waals surface area contributed by atoms with Gasteiger partial charge in [-0.3, -0.25) is 0 Å². The Kier molecular flexibility index (Phi) is 2.88. The fraction of sp³-hybridized carbons (Fsp3) is 0.250. The van der Waals surface area contributed by atoms with Gasteiger partial charge in [-0.1, -0.05) is 15.9 Å². The second-order valence-electron chi connectivity index (χ2n) is 2.09. The topological polar surface area (TPSA) is 9.23 Å². The van der Waals surface area contributed by atoms with Crippen molar-refractivity contribution in [3.63, 3.8) is 0 Å². The van der Waals surface area contributed by atoms with Crippen molar-refractivity contribution in [1.82, 2.24) is 0 Å². The molecule has 0 atom stereocenters. The van der Waals surface area contributed by atoms with Crippen LogP contribution in [0.1, 0.15) is 5.56 Å². The van der Waals surface area contributed by atoms with E-state index in [2.05, 4.69) is 15.9 Å². The summed E-state index contributed by atoms with van der Waals surface area (Å²) in [5, 5.41) is 0. The summed E-state index contributed by atoms with van der Waals surface area (Å²) in [5.41, 5.74) is 0.571. The van der Waals surface area contributed by atoms with Crippen LogP contribution in [0.5, 0.6) is 5.75 Å². The van der Waals surface area contributed by atoms with Gasteiger partial charge in [0.15, 0.2) is 0 Å². The minimum Gasteiger partial charge on any atom is -0.496 e. The van der Waals surface area contributed by atoms with Crippen LogP contribution in [-0.2, 0) is 6.67 Å². The maximum absolute atomic E-state index is 12.3. The van der Waals surface area contributed by atoms with Crippen molar-refractivity contribution >= 4 is 15.9 Å². The zero-order valence-corrected chi connectivity index (χ0v) is 7.69. The van der Waals surface area contributed by atoms with Gasteiger partial charge in [-0.15, -0.1) is 0 Å². The zero-order valence-electron chi connectivity index (χ0n) is 6.10. The monoisotopic (exact) mass is 218 g/mol. The number of hydrogen-bond acceptors (Lipinski definition) is 1. The van der Waals surface area contributed by atoms with E-state index in [1.54, 1.807) is 12.1 Å². The molecule has 0 spiro atoms. The van der Waals surface area contributed by atoms with Crippen LogP contribution in [0, 0.1) is 0 Å². The lowest BCUT2D eigenvalue weighted by Crippen LogP contribution is -1.88. The van der Waals surface area contributed by atoms with E-state index in [0.717, 1.165) is 4.47 Å². The molecule has 0 amide bonds. The third-order valence-electron chi connectivity index (χ3n) is 1.39. The molecule has 1 aromatic rings. The Labute approximate surface area is 73.3 Å². The first-order valence-corrected chi connectivity index (χ1v) is 3.95. The third kappa shape index (κ3) is 1.93. The molecule has 0 aliphatic carbocycles. The first-order chi connectivity index (χ1) is 5.27. The van der Waals surface area contributed by atoms with E-state index in [-0.39, 0.29) is 0 Å². The third-order valence-corrected chi connectivity index (χ3v) is 1.88. The minimum absolute atomic E-state index is 0.497. The Bertz CT molecular complexity index is 250. The van der Waals surface area contributed by atoms with Crippen molar-refractivity contribution in [3.05, 3.63) is 28.2 Å². The van der Waals surface area contributed by atoms with E-state index in [9.17, 15) is 4.39 Å². The number of alkyl halides is 1. The molecule has 1 rings (SSSR count). The van der Waals surface area contributed by atoms with Gasteiger partial charge in [0.05, 0.1) is 7.11 Å². The summed E-state index contributed by atoms with van der Waals surface area (Å²) in [6.45, 7) is -0.497. The van der Waals surface area contributed by atoms with Gasteiger partial charge >= 0.3 is 0 Å². The fourth-order valence-corrected chi connectivity index (χ4v) is 1.26. The van der Waals surface area contributed by atoms with Crippen LogP contribution in [0.2, 0.25) is 0 Å². The van der Waals surface area contributed by atoms with Crippen LogP contribution in [0.4, 0.5) is 4.39 Å². The molecule has 3 heteroatoms. The van der Waals surface area contributed by atoms with Crippen LogP contribution in [0.3, 0.4) is 0 Å². The quantitative estimate of drug-likeness (QED) is 0.742. The lowest BCUT2D eigenvalue weighted by molar-refractivity contribution is 0.394. The molecule has 0 aliphatic rings. The smallest absolute Gasteiger partial charge is 0.124 e. The standard InChI is InChI=1S/C8H8BrFO/c1-11-8-3-2-7(9)4-6(8)5-10/h2-4H,5H2,1H3. The molecule has 1 aromatic carbocycles. The molecule has 0 aromatic heterocycles. The maximum atomic E-state index is 12.3. The summed E-state index contributed by atoms with van der Waals surface area (Å²) in [7, 11) is 1.53. The molecular weight excluding hydrogens is 211 g/mol. The van der Waals surface area contributed by atoms with Gasteiger partial charge < -0.3 is 4.74 Å². The number of hydrogen-bond donors (Lipinski definition) is 0. The van der Waals surface area contributed by atoms with Crippen molar-refractivity contribution in [2.75, 3.05) is 7.11 Å². The zero-order chi connectivity index (χ0) is 8.27. The summed E-state index contributed by atoms with van der Waals surface area (Å²) in [6, 6.07) is 5.26. The number of rotatable bonds is 2. The molecule has 0 bridgehead atoms. The van der Waals surface area contributed by atoms with Gasteiger partial charge in [-0.2, -0.15) is 0 Å². The molecule has 1 nitrogen and oxygen atoms in total. The molecule has 0 fully saturated rings. The number of halogens is 2. The van der Waals surface area contributed by atoms with Crippen LogP contribution in [0.15, 0.2) is 22.7 Å². The van der Waals surface area contributed by atoms with Gasteiger partial charge in [0.25, 0.3) is 0 Å². The largest absolute Gasteiger partial charge is 0.496 e. The summed E-state index contributed by atoms with van der Waals surface area (Å²) in [4.78, 5) is 0. The van der Waals surface area contributed by atoms with Crippen LogP contribution in [0.25, 0.3) is 0 Å². The van der Waals surface area contributed by atoms with Gasteiger partial charge in [0, 0.05) is 10.0 Å². The predicted octanol–water partition coefficient (Wildman–Crippen LogP) is 2.93. The lowest BCUT2D eigenvalue weighted by Gasteiger charge is -2.04. The van der Waals surface area contributed by atoms with Crippen LogP contribution < -0.4 is 4.74 Å². The Morgan fingerprint density at radius 3 is 2.82 bits per heavy atom. The second kappa shape index (κ2) is 3.72. The van der Waals surface area contributed by atoms with Gasteiger partial charge in [0.2, 0.25) is 0 Å². The minimum atomic E-state index is -0.497. The summed E-state index contributed by atoms with van der Waals surface area (Å²) >= 11 is 3.24. The van der Waals surface area contributed by atoms with Crippen molar-refractivity contribution in [1.29, 1.82) is 0 Å². The molecule has 0 saturated heterocycles.